The van der Waals surface area contributed by atoms with E-state index in [9.17, 15) is 14.9 Å². The Morgan fingerprint density at radius 2 is 2.05 bits per heavy atom. The number of nitrogen functional groups attached to an aromatic ring is 1. The van der Waals surface area contributed by atoms with Gasteiger partial charge in [-0.15, -0.1) is 11.3 Å². The van der Waals surface area contributed by atoms with E-state index < -0.39 is 10.8 Å². The number of aryl methyl sites for hydroxylation is 1. The van der Waals surface area contributed by atoms with Crippen LogP contribution in [-0.2, 0) is 13.0 Å². The Kier molecular flexibility index (Phi) is 4.54. The fraction of sp³-hybridized carbons (Fsp3) is 0.214. The second-order valence-corrected chi connectivity index (χ2v) is 5.69. The molecule has 0 aliphatic rings. The molecule has 21 heavy (non-hydrogen) atoms. The molecule has 0 spiro atoms. The molecule has 3 N–H and O–H groups in total. The SMILES string of the molecule is CCc1ccc(CNC(=O)c2cc(N)ccc2[N+](=O)[O-])s1. The van der Waals surface area contributed by atoms with Crippen LogP contribution in [0.4, 0.5) is 11.4 Å². The van der Waals surface area contributed by atoms with Crippen molar-refractivity contribution < 1.29 is 9.72 Å². The number of nitro benzene ring substituents is 1. The Morgan fingerprint density at radius 3 is 2.67 bits per heavy atom. The highest BCUT2D eigenvalue weighted by atomic mass is 32.1. The number of nitrogens with one attached hydrogen (secondary N) is 1. The van der Waals surface area contributed by atoms with Crippen molar-refractivity contribution in [3.8, 4) is 0 Å². The van der Waals surface area contributed by atoms with Crippen molar-refractivity contribution in [1.29, 1.82) is 0 Å². The van der Waals surface area contributed by atoms with E-state index in [1.807, 2.05) is 12.1 Å². The average molecular weight is 305 g/mol. The van der Waals surface area contributed by atoms with E-state index >= 15 is 0 Å². The molecule has 2 rings (SSSR count). The lowest BCUT2D eigenvalue weighted by atomic mass is 10.1. The fourth-order valence-electron chi connectivity index (χ4n) is 1.86. The van der Waals surface area contributed by atoms with Crippen molar-refractivity contribution in [3.05, 3.63) is 55.8 Å². The zero-order valence-electron chi connectivity index (χ0n) is 11.5. The van der Waals surface area contributed by atoms with Crippen LogP contribution in [-0.4, -0.2) is 10.8 Å². The second-order valence-electron chi connectivity index (χ2n) is 4.44. The fourth-order valence-corrected chi connectivity index (χ4v) is 2.76. The quantitative estimate of drug-likeness (QED) is 0.504. The molecule has 0 saturated heterocycles. The van der Waals surface area contributed by atoms with Gasteiger partial charge in [0, 0.05) is 21.5 Å². The van der Waals surface area contributed by atoms with Crippen LogP contribution < -0.4 is 11.1 Å². The standard InChI is InChI=1S/C14H15N3O3S/c1-2-10-4-5-11(21-10)8-16-14(18)12-7-9(15)3-6-13(12)17(19)20/h3-7H,2,8,15H2,1H3,(H,16,18). The minimum atomic E-state index is -0.589. The molecule has 1 aromatic carbocycles. The summed E-state index contributed by atoms with van der Waals surface area (Å²) in [6, 6.07) is 7.91. The number of rotatable bonds is 5. The second kappa shape index (κ2) is 6.36. The molecule has 2 aromatic rings. The minimum absolute atomic E-state index is 0.0210. The Hall–Kier alpha value is -2.41. The average Bonchev–Trinajstić information content (AvgIpc) is 2.92. The largest absolute Gasteiger partial charge is 0.399 e. The highest BCUT2D eigenvalue weighted by molar-refractivity contribution is 7.11. The Labute approximate surface area is 125 Å². The van der Waals surface area contributed by atoms with Gasteiger partial charge in [0.25, 0.3) is 11.6 Å². The first-order valence-corrected chi connectivity index (χ1v) is 7.22. The highest BCUT2D eigenvalue weighted by Gasteiger charge is 2.20. The first-order valence-electron chi connectivity index (χ1n) is 6.41. The summed E-state index contributed by atoms with van der Waals surface area (Å²) in [7, 11) is 0. The number of nitrogens with zero attached hydrogens (tertiary/aromatic N) is 1. The van der Waals surface area contributed by atoms with E-state index in [0.717, 1.165) is 11.3 Å². The maximum atomic E-state index is 12.1. The third-order valence-electron chi connectivity index (χ3n) is 2.95. The number of nitro groups is 1. The maximum absolute atomic E-state index is 12.1. The van der Waals surface area contributed by atoms with Gasteiger partial charge in [-0.2, -0.15) is 0 Å². The van der Waals surface area contributed by atoms with E-state index in [-0.39, 0.29) is 11.3 Å². The molecule has 1 amide bonds. The molecule has 0 fully saturated rings. The lowest BCUT2D eigenvalue weighted by Gasteiger charge is -2.05. The van der Waals surface area contributed by atoms with Gasteiger partial charge < -0.3 is 11.1 Å². The van der Waals surface area contributed by atoms with Crippen molar-refractivity contribution in [2.45, 2.75) is 19.9 Å². The number of benzene rings is 1. The number of amides is 1. The van der Waals surface area contributed by atoms with Crippen LogP contribution in [0.5, 0.6) is 0 Å². The Morgan fingerprint density at radius 1 is 1.33 bits per heavy atom. The monoisotopic (exact) mass is 305 g/mol. The van der Waals surface area contributed by atoms with Crippen LogP contribution in [0.1, 0.15) is 27.0 Å². The predicted molar refractivity (Wildman–Crippen MR) is 82.4 cm³/mol. The van der Waals surface area contributed by atoms with Gasteiger partial charge in [0.1, 0.15) is 5.56 Å². The Bertz CT molecular complexity index is 682. The maximum Gasteiger partial charge on any atom is 0.282 e. The van der Waals surface area contributed by atoms with E-state index in [4.69, 9.17) is 5.73 Å². The van der Waals surface area contributed by atoms with Crippen molar-refractivity contribution in [1.82, 2.24) is 5.32 Å². The normalized spacial score (nSPS) is 10.3. The van der Waals surface area contributed by atoms with E-state index in [0.29, 0.717) is 12.2 Å². The van der Waals surface area contributed by atoms with Gasteiger partial charge >= 0.3 is 0 Å². The summed E-state index contributed by atoms with van der Waals surface area (Å²) < 4.78 is 0. The number of carbonyl (C=O) groups is 1. The molecule has 7 heteroatoms. The van der Waals surface area contributed by atoms with Crippen LogP contribution in [0.2, 0.25) is 0 Å². The molecule has 1 heterocycles. The number of hydrogen-bond acceptors (Lipinski definition) is 5. The molecule has 6 nitrogen and oxygen atoms in total. The van der Waals surface area contributed by atoms with Gasteiger partial charge in [-0.25, -0.2) is 0 Å². The van der Waals surface area contributed by atoms with E-state index in [1.165, 1.54) is 23.1 Å². The number of hydrogen-bond donors (Lipinski definition) is 2. The highest BCUT2D eigenvalue weighted by Crippen LogP contribution is 2.22. The molecule has 0 radical (unpaired) electrons. The zero-order chi connectivity index (χ0) is 15.4. The Balaban J connectivity index is 2.13. The van der Waals surface area contributed by atoms with E-state index in [2.05, 4.69) is 12.2 Å². The van der Waals surface area contributed by atoms with Gasteiger partial charge in [-0.05, 0) is 30.7 Å². The summed E-state index contributed by atoms with van der Waals surface area (Å²) in [6.07, 6.45) is 0.944. The third kappa shape index (κ3) is 3.57. The number of anilines is 1. The van der Waals surface area contributed by atoms with Crippen molar-refractivity contribution in [2.75, 3.05) is 5.73 Å². The summed E-state index contributed by atoms with van der Waals surface area (Å²) in [5.41, 5.74) is 5.64. The number of carbonyl (C=O) groups excluding carboxylic acids is 1. The van der Waals surface area contributed by atoms with Crippen molar-refractivity contribution >= 4 is 28.6 Å². The summed E-state index contributed by atoms with van der Waals surface area (Å²) in [4.78, 5) is 24.7. The van der Waals surface area contributed by atoms with Gasteiger partial charge in [0.2, 0.25) is 0 Å². The molecule has 110 valence electrons. The number of nitrogens with two attached hydrogens (primary N) is 1. The predicted octanol–water partition coefficient (Wildman–Crippen LogP) is 2.73. The third-order valence-corrected chi connectivity index (χ3v) is 4.18. The summed E-state index contributed by atoms with van der Waals surface area (Å²) in [6.45, 7) is 2.40. The molecule has 0 atom stereocenters. The molecule has 0 bridgehead atoms. The molecule has 0 aliphatic heterocycles. The van der Waals surface area contributed by atoms with Gasteiger partial charge in [-0.1, -0.05) is 6.92 Å². The van der Waals surface area contributed by atoms with Gasteiger partial charge in [0.05, 0.1) is 11.5 Å². The summed E-state index contributed by atoms with van der Waals surface area (Å²) in [5.74, 6) is -0.500. The van der Waals surface area contributed by atoms with Crippen LogP contribution in [0.25, 0.3) is 0 Å². The first kappa shape index (κ1) is 15.0. The zero-order valence-corrected chi connectivity index (χ0v) is 12.3. The molecular formula is C14H15N3O3S. The molecular weight excluding hydrogens is 290 g/mol. The van der Waals surface area contributed by atoms with Crippen molar-refractivity contribution in [3.63, 3.8) is 0 Å². The lowest BCUT2D eigenvalue weighted by molar-refractivity contribution is -0.385. The van der Waals surface area contributed by atoms with Crippen LogP contribution in [0, 0.1) is 10.1 Å². The summed E-state index contributed by atoms with van der Waals surface area (Å²) in [5, 5.41) is 13.6. The number of thiophene rings is 1. The van der Waals surface area contributed by atoms with E-state index in [1.54, 1.807) is 11.3 Å². The minimum Gasteiger partial charge on any atom is -0.399 e. The van der Waals surface area contributed by atoms with Crippen LogP contribution in [0.3, 0.4) is 0 Å². The molecule has 0 saturated carbocycles. The van der Waals surface area contributed by atoms with Gasteiger partial charge in [-0.3, -0.25) is 14.9 Å². The molecule has 0 unspecified atom stereocenters. The van der Waals surface area contributed by atoms with Crippen LogP contribution in [0.15, 0.2) is 30.3 Å². The molecule has 1 aromatic heterocycles. The topological polar surface area (TPSA) is 98.3 Å². The van der Waals surface area contributed by atoms with Gasteiger partial charge in [0.15, 0.2) is 0 Å². The summed E-state index contributed by atoms with van der Waals surface area (Å²) >= 11 is 1.61. The first-order chi connectivity index (χ1) is 10.0. The smallest absolute Gasteiger partial charge is 0.282 e. The molecule has 0 aliphatic carbocycles. The lowest BCUT2D eigenvalue weighted by Crippen LogP contribution is -2.23. The van der Waals surface area contributed by atoms with Crippen molar-refractivity contribution in [2.24, 2.45) is 0 Å². The van der Waals surface area contributed by atoms with Crippen LogP contribution >= 0.6 is 11.3 Å².